The molecule has 0 aromatic heterocycles. The van der Waals surface area contributed by atoms with E-state index >= 15 is 0 Å². The number of anilines is 1. The van der Waals surface area contributed by atoms with E-state index in [4.69, 9.17) is 23.2 Å². The second-order valence-electron chi connectivity index (χ2n) is 3.70. The van der Waals surface area contributed by atoms with Crippen molar-refractivity contribution < 1.29 is 4.79 Å². The lowest BCUT2D eigenvalue weighted by molar-refractivity contribution is 0.102. The molecule has 2 aromatic rings. The summed E-state index contributed by atoms with van der Waals surface area (Å²) in [5, 5.41) is 3.14. The van der Waals surface area contributed by atoms with E-state index in [0.717, 1.165) is 0 Å². The number of nitrogens with zero attached hydrogens (tertiary/aromatic N) is 1. The summed E-state index contributed by atoms with van der Waals surface area (Å²) < 4.78 is 3.56. The van der Waals surface area contributed by atoms with Gasteiger partial charge in [-0.05, 0) is 24.3 Å². The van der Waals surface area contributed by atoms with Crippen LogP contribution in [0.4, 0.5) is 11.4 Å². The van der Waals surface area contributed by atoms with Crippen molar-refractivity contribution in [1.29, 1.82) is 0 Å². The van der Waals surface area contributed by atoms with Crippen molar-refractivity contribution in [2.45, 2.75) is 0 Å². The van der Waals surface area contributed by atoms with Gasteiger partial charge in [0.1, 0.15) is 0 Å². The molecular formula is C13H8Cl2N2OS. The van der Waals surface area contributed by atoms with Crippen LogP contribution >= 0.6 is 23.2 Å². The Morgan fingerprint density at radius 3 is 2.21 bits per heavy atom. The van der Waals surface area contributed by atoms with Gasteiger partial charge in [0.2, 0.25) is 0 Å². The minimum atomic E-state index is -0.378. The quantitative estimate of drug-likeness (QED) is 0.899. The number of hydrogen-bond donors (Lipinski definition) is 1. The molecule has 0 unspecified atom stereocenters. The first kappa shape index (κ1) is 13.9. The third-order valence-electron chi connectivity index (χ3n) is 2.39. The number of carbonyl (C=O) groups excluding carboxylic acids is 1. The van der Waals surface area contributed by atoms with Crippen molar-refractivity contribution in [2.24, 2.45) is 4.36 Å². The Balaban J connectivity index is 2.32. The Kier molecular flexibility index (Phi) is 4.47. The molecule has 96 valence electrons. The Morgan fingerprint density at radius 1 is 1.11 bits per heavy atom. The van der Waals surface area contributed by atoms with Crippen molar-refractivity contribution in [3.8, 4) is 0 Å². The Bertz CT molecular complexity index is 609. The lowest BCUT2D eigenvalue weighted by Crippen LogP contribution is -2.13. The van der Waals surface area contributed by atoms with Crippen LogP contribution in [-0.4, -0.2) is 5.91 Å². The molecule has 0 aliphatic rings. The molecule has 0 heterocycles. The van der Waals surface area contributed by atoms with Gasteiger partial charge in [0.05, 0.1) is 21.3 Å². The predicted octanol–water partition coefficient (Wildman–Crippen LogP) is 4.61. The number of hydrogen-bond acceptors (Lipinski definition) is 3. The molecule has 0 saturated carbocycles. The smallest absolute Gasteiger partial charge is 0.258 e. The predicted molar refractivity (Wildman–Crippen MR) is 80.3 cm³/mol. The van der Waals surface area contributed by atoms with Gasteiger partial charge in [-0.15, -0.1) is 0 Å². The summed E-state index contributed by atoms with van der Waals surface area (Å²) in [6, 6.07) is 12.0. The average molecular weight is 311 g/mol. The molecule has 6 heteroatoms. The van der Waals surface area contributed by atoms with Crippen LogP contribution in [0.1, 0.15) is 10.4 Å². The number of carbonyl (C=O) groups is 1. The molecule has 0 bridgehead atoms. The van der Waals surface area contributed by atoms with Crippen LogP contribution in [0.5, 0.6) is 0 Å². The number of amides is 1. The topological polar surface area (TPSA) is 41.5 Å². The van der Waals surface area contributed by atoms with Crippen molar-refractivity contribution in [3.63, 3.8) is 0 Å². The van der Waals surface area contributed by atoms with Gasteiger partial charge >= 0.3 is 0 Å². The van der Waals surface area contributed by atoms with Crippen molar-refractivity contribution in [3.05, 3.63) is 58.1 Å². The summed E-state index contributed by atoms with van der Waals surface area (Å²) in [6.45, 7) is 0. The average Bonchev–Trinajstić information content (AvgIpc) is 2.38. The van der Waals surface area contributed by atoms with Gasteiger partial charge in [0.25, 0.3) is 5.91 Å². The Labute approximate surface area is 125 Å². The number of nitrogens with one attached hydrogen (secondary N) is 1. The molecule has 0 radical (unpaired) electrons. The minimum absolute atomic E-state index is 0.203. The highest BCUT2D eigenvalue weighted by Crippen LogP contribution is 2.30. The lowest BCUT2D eigenvalue weighted by Gasteiger charge is -2.09. The van der Waals surface area contributed by atoms with Crippen LogP contribution in [-0.2, 0) is 12.4 Å². The van der Waals surface area contributed by atoms with E-state index in [1.54, 1.807) is 12.1 Å². The number of benzene rings is 2. The maximum Gasteiger partial charge on any atom is 0.258 e. The summed E-state index contributed by atoms with van der Waals surface area (Å²) in [5.41, 5.74) is 1.31. The molecule has 1 amide bonds. The number of halogens is 2. The molecule has 0 aliphatic heterocycles. The molecule has 0 spiro atoms. The maximum absolute atomic E-state index is 12.1. The third-order valence-corrected chi connectivity index (χ3v) is 3.20. The Morgan fingerprint density at radius 2 is 1.68 bits per heavy atom. The van der Waals surface area contributed by atoms with E-state index in [9.17, 15) is 4.79 Å². The van der Waals surface area contributed by atoms with Crippen LogP contribution in [0.3, 0.4) is 0 Å². The molecule has 0 aliphatic carbocycles. The van der Waals surface area contributed by atoms with Gasteiger partial charge in [-0.25, -0.2) is 0 Å². The monoisotopic (exact) mass is 310 g/mol. The zero-order valence-electron chi connectivity index (χ0n) is 9.56. The van der Waals surface area contributed by atoms with E-state index in [1.165, 1.54) is 12.1 Å². The van der Waals surface area contributed by atoms with E-state index in [0.29, 0.717) is 11.4 Å². The van der Waals surface area contributed by atoms with Gasteiger partial charge in [0.15, 0.2) is 0 Å². The van der Waals surface area contributed by atoms with Crippen LogP contribution in [0.15, 0.2) is 46.8 Å². The molecule has 0 saturated heterocycles. The molecule has 1 N–H and O–H groups in total. The highest BCUT2D eigenvalue weighted by molar-refractivity contribution is 7.47. The van der Waals surface area contributed by atoms with Gasteiger partial charge in [-0.1, -0.05) is 41.4 Å². The van der Waals surface area contributed by atoms with Crippen LogP contribution in [0.2, 0.25) is 10.0 Å². The third kappa shape index (κ3) is 3.29. The SMILES string of the molecule is O=C(Nc1ccccc1)c1c(Cl)cc(N=S)cc1Cl. The molecule has 2 aromatic carbocycles. The minimum Gasteiger partial charge on any atom is -0.322 e. The van der Waals surface area contributed by atoms with Crippen LogP contribution < -0.4 is 5.32 Å². The molecule has 0 fully saturated rings. The highest BCUT2D eigenvalue weighted by atomic mass is 35.5. The molecule has 0 atom stereocenters. The van der Waals surface area contributed by atoms with Crippen molar-refractivity contribution >= 4 is 52.9 Å². The van der Waals surface area contributed by atoms with E-state index in [-0.39, 0.29) is 21.5 Å². The first-order chi connectivity index (χ1) is 9.11. The number of para-hydroxylation sites is 1. The van der Waals surface area contributed by atoms with Crippen molar-refractivity contribution in [1.82, 2.24) is 0 Å². The fraction of sp³-hybridized carbons (Fsp3) is 0. The summed E-state index contributed by atoms with van der Waals surface area (Å²) in [4.78, 5) is 12.1. The normalized spacial score (nSPS) is 10.0. The standard InChI is InChI=1S/C13H8Cl2N2OS/c14-10-6-9(17-19)7-11(15)12(10)13(18)16-8-4-2-1-3-5-8/h1-7H,(H,16,18). The van der Waals surface area contributed by atoms with Gasteiger partial charge in [-0.3, -0.25) is 4.79 Å². The Hall–Kier alpha value is -1.49. The van der Waals surface area contributed by atoms with Crippen LogP contribution in [0, 0.1) is 0 Å². The first-order valence-electron chi connectivity index (χ1n) is 5.30. The summed E-state index contributed by atoms with van der Waals surface area (Å²) in [6.07, 6.45) is 0. The van der Waals surface area contributed by atoms with Gasteiger partial charge < -0.3 is 5.32 Å². The zero-order chi connectivity index (χ0) is 13.8. The first-order valence-corrected chi connectivity index (χ1v) is 6.42. The van der Waals surface area contributed by atoms with E-state index in [2.05, 4.69) is 22.1 Å². The molecular weight excluding hydrogens is 303 g/mol. The van der Waals surface area contributed by atoms with E-state index < -0.39 is 0 Å². The maximum atomic E-state index is 12.1. The fourth-order valence-corrected chi connectivity index (χ4v) is 2.30. The van der Waals surface area contributed by atoms with Gasteiger partial charge in [0, 0.05) is 18.1 Å². The summed E-state index contributed by atoms with van der Waals surface area (Å²) in [5.74, 6) is -0.378. The second-order valence-corrected chi connectivity index (χ2v) is 4.69. The van der Waals surface area contributed by atoms with Crippen LogP contribution in [0.25, 0.3) is 0 Å². The van der Waals surface area contributed by atoms with E-state index in [1.807, 2.05) is 18.2 Å². The van der Waals surface area contributed by atoms with Gasteiger partial charge in [-0.2, -0.15) is 4.36 Å². The summed E-state index contributed by atoms with van der Waals surface area (Å²) in [7, 11) is 0. The fourth-order valence-electron chi connectivity index (χ4n) is 1.54. The van der Waals surface area contributed by atoms with Crippen molar-refractivity contribution in [2.75, 3.05) is 5.32 Å². The lowest BCUT2D eigenvalue weighted by atomic mass is 10.2. The second kappa shape index (κ2) is 6.10. The summed E-state index contributed by atoms with van der Waals surface area (Å²) >= 11 is 16.6. The largest absolute Gasteiger partial charge is 0.322 e. The molecule has 2 rings (SSSR count). The molecule has 19 heavy (non-hydrogen) atoms. The highest BCUT2D eigenvalue weighted by Gasteiger charge is 2.16. The number of rotatable bonds is 3. The zero-order valence-corrected chi connectivity index (χ0v) is 11.9. The molecule has 3 nitrogen and oxygen atoms in total.